The molecule has 46 heavy (non-hydrogen) atoms. The molecule has 5 rings (SSSR count). The van der Waals surface area contributed by atoms with Crippen LogP contribution in [0.25, 0.3) is 6.08 Å². The zero-order chi connectivity index (χ0) is 33.1. The standard InChI is InChI=1S/C31H25BrN4O9S/c1-4-21-26(30(38)43-3)27(18-9-7-6-8-10-18)34-29(37)25(46-31(34)33-21)15-17-13-20(32)28(24(14-17)44-5-2)45-23-12-11-19(35(39)40)16-22(23)36(41)42/h6-16,27H,4-5H2,1-3H3/b25-15+/t27-/m0/s1. The molecule has 1 aliphatic rings. The molecule has 3 aromatic carbocycles. The van der Waals surface area contributed by atoms with Gasteiger partial charge >= 0.3 is 11.7 Å². The van der Waals surface area contributed by atoms with E-state index in [1.807, 2.05) is 37.3 Å². The first kappa shape index (κ1) is 32.2. The summed E-state index contributed by atoms with van der Waals surface area (Å²) in [6, 6.07) is 14.7. The molecule has 0 radical (unpaired) electrons. The van der Waals surface area contributed by atoms with Crippen LogP contribution in [0.5, 0.6) is 17.2 Å². The molecule has 1 aromatic heterocycles. The van der Waals surface area contributed by atoms with Crippen molar-refractivity contribution in [3.8, 4) is 17.2 Å². The normalized spacial score (nSPS) is 14.3. The van der Waals surface area contributed by atoms with Crippen LogP contribution in [0.3, 0.4) is 0 Å². The van der Waals surface area contributed by atoms with Crippen molar-refractivity contribution in [1.29, 1.82) is 0 Å². The van der Waals surface area contributed by atoms with E-state index in [0.717, 1.165) is 35.1 Å². The molecule has 0 unspecified atom stereocenters. The molecule has 13 nitrogen and oxygen atoms in total. The maximum absolute atomic E-state index is 14.0. The number of carbonyl (C=O) groups excluding carboxylic acids is 1. The summed E-state index contributed by atoms with van der Waals surface area (Å²) in [5.74, 6) is -0.506. The van der Waals surface area contributed by atoms with Gasteiger partial charge in [0, 0.05) is 6.07 Å². The molecule has 0 saturated carbocycles. The molecule has 0 bridgehead atoms. The molecule has 0 amide bonds. The van der Waals surface area contributed by atoms with E-state index in [-0.39, 0.29) is 29.4 Å². The van der Waals surface area contributed by atoms with E-state index < -0.39 is 33.2 Å². The molecule has 0 N–H and O–H groups in total. The average Bonchev–Trinajstić information content (AvgIpc) is 3.35. The lowest BCUT2D eigenvalue weighted by Crippen LogP contribution is -2.40. The van der Waals surface area contributed by atoms with Crippen molar-refractivity contribution in [2.24, 2.45) is 4.99 Å². The van der Waals surface area contributed by atoms with Gasteiger partial charge in [-0.15, -0.1) is 0 Å². The summed E-state index contributed by atoms with van der Waals surface area (Å²) in [5.41, 5.74) is 0.642. The lowest BCUT2D eigenvalue weighted by Gasteiger charge is -2.25. The number of ether oxygens (including phenoxy) is 3. The fourth-order valence-corrected chi connectivity index (χ4v) is 6.52. The van der Waals surface area contributed by atoms with Crippen LogP contribution in [0.15, 0.2) is 86.2 Å². The van der Waals surface area contributed by atoms with Crippen LogP contribution in [0.2, 0.25) is 0 Å². The van der Waals surface area contributed by atoms with E-state index in [1.165, 1.54) is 11.7 Å². The SMILES string of the molecule is CCOc1cc(/C=c2/sc3n(c2=O)[C@@H](c2ccccc2)C(C(=O)OC)=C(CC)N=3)cc(Br)c1Oc1ccc([N+](=O)[O-])cc1[N+](=O)[O-]. The molecular formula is C31H25BrN4O9S. The molecule has 1 aliphatic heterocycles. The van der Waals surface area contributed by atoms with E-state index in [4.69, 9.17) is 14.2 Å². The third kappa shape index (κ3) is 6.19. The van der Waals surface area contributed by atoms with Crippen molar-refractivity contribution < 1.29 is 28.9 Å². The largest absolute Gasteiger partial charge is 0.490 e. The Hall–Kier alpha value is -5.15. The first-order valence-corrected chi connectivity index (χ1v) is 15.4. The predicted molar refractivity (Wildman–Crippen MR) is 172 cm³/mol. The van der Waals surface area contributed by atoms with Crippen molar-refractivity contribution in [3.05, 3.63) is 127 Å². The van der Waals surface area contributed by atoms with E-state index in [2.05, 4.69) is 20.9 Å². The number of nitro benzene ring substituents is 2. The molecule has 236 valence electrons. The number of hydrogen-bond acceptors (Lipinski definition) is 11. The Balaban J connectivity index is 1.63. The quantitative estimate of drug-likeness (QED) is 0.116. The van der Waals surface area contributed by atoms with Gasteiger partial charge < -0.3 is 14.2 Å². The number of rotatable bonds is 10. The Kier molecular flexibility index (Phi) is 9.44. The number of nitro groups is 2. The number of esters is 1. The average molecular weight is 710 g/mol. The molecule has 0 fully saturated rings. The molecule has 0 saturated heterocycles. The number of carbonyl (C=O) groups is 1. The maximum Gasteiger partial charge on any atom is 0.338 e. The van der Waals surface area contributed by atoms with Gasteiger partial charge in [0.25, 0.3) is 11.2 Å². The molecular weight excluding hydrogens is 684 g/mol. The van der Waals surface area contributed by atoms with Crippen molar-refractivity contribution in [2.75, 3.05) is 13.7 Å². The Morgan fingerprint density at radius 3 is 2.43 bits per heavy atom. The lowest BCUT2D eigenvalue weighted by molar-refractivity contribution is -0.394. The predicted octanol–water partition coefficient (Wildman–Crippen LogP) is 5.57. The number of hydrogen-bond donors (Lipinski definition) is 0. The molecule has 0 spiro atoms. The summed E-state index contributed by atoms with van der Waals surface area (Å²) in [7, 11) is 1.29. The second-order valence-corrected chi connectivity index (χ2v) is 11.6. The third-order valence-electron chi connectivity index (χ3n) is 6.96. The van der Waals surface area contributed by atoms with Crippen molar-refractivity contribution in [1.82, 2.24) is 4.57 Å². The Bertz CT molecular complexity index is 2090. The molecule has 0 aliphatic carbocycles. The van der Waals surface area contributed by atoms with Gasteiger partial charge in [-0.2, -0.15) is 0 Å². The summed E-state index contributed by atoms with van der Waals surface area (Å²) in [5, 5.41) is 22.8. The number of thiazole rings is 1. The zero-order valence-corrected chi connectivity index (χ0v) is 27.0. The zero-order valence-electron chi connectivity index (χ0n) is 24.6. The highest BCUT2D eigenvalue weighted by molar-refractivity contribution is 9.10. The van der Waals surface area contributed by atoms with Gasteiger partial charge in [0.1, 0.15) is 0 Å². The summed E-state index contributed by atoms with van der Waals surface area (Å²) in [6.07, 6.45) is 2.09. The number of nitrogens with zero attached hydrogens (tertiary/aromatic N) is 4. The Morgan fingerprint density at radius 1 is 1.07 bits per heavy atom. The molecule has 4 aromatic rings. The van der Waals surface area contributed by atoms with Crippen LogP contribution < -0.4 is 24.4 Å². The monoisotopic (exact) mass is 708 g/mol. The second kappa shape index (κ2) is 13.5. The minimum atomic E-state index is -0.775. The number of allylic oxidation sites excluding steroid dienone is 1. The van der Waals surface area contributed by atoms with Gasteiger partial charge in [-0.05, 0) is 64.7 Å². The number of benzene rings is 3. The van der Waals surface area contributed by atoms with Gasteiger partial charge in [0.05, 0.1) is 55.9 Å². The topological polar surface area (TPSA) is 165 Å². The Labute approximate surface area is 273 Å². The first-order chi connectivity index (χ1) is 22.1. The molecule has 15 heteroatoms. The number of aromatic nitrogens is 1. The molecule has 2 heterocycles. The second-order valence-electron chi connectivity index (χ2n) is 9.73. The van der Waals surface area contributed by atoms with Crippen molar-refractivity contribution in [3.63, 3.8) is 0 Å². The minimum absolute atomic E-state index is 0.0943. The lowest BCUT2D eigenvalue weighted by atomic mass is 9.95. The number of fused-ring (bicyclic) bond motifs is 1. The maximum atomic E-state index is 14.0. The summed E-state index contributed by atoms with van der Waals surface area (Å²) in [4.78, 5) is 53.3. The summed E-state index contributed by atoms with van der Waals surface area (Å²) < 4.78 is 18.9. The number of methoxy groups -OCH3 is 1. The van der Waals surface area contributed by atoms with E-state index in [0.29, 0.717) is 37.1 Å². The minimum Gasteiger partial charge on any atom is -0.490 e. The van der Waals surface area contributed by atoms with Crippen LogP contribution in [0.1, 0.15) is 37.4 Å². The summed E-state index contributed by atoms with van der Waals surface area (Å²) in [6.45, 7) is 3.83. The van der Waals surface area contributed by atoms with Crippen LogP contribution in [0, 0.1) is 20.2 Å². The van der Waals surface area contributed by atoms with Crippen LogP contribution >= 0.6 is 27.3 Å². The smallest absolute Gasteiger partial charge is 0.338 e. The van der Waals surface area contributed by atoms with Crippen LogP contribution in [0.4, 0.5) is 11.4 Å². The van der Waals surface area contributed by atoms with E-state index in [1.54, 1.807) is 25.1 Å². The third-order valence-corrected chi connectivity index (χ3v) is 8.53. The van der Waals surface area contributed by atoms with Crippen molar-refractivity contribution >= 4 is 50.7 Å². The molecule has 1 atom stereocenters. The van der Waals surface area contributed by atoms with Gasteiger partial charge in [-0.25, -0.2) is 9.79 Å². The summed E-state index contributed by atoms with van der Waals surface area (Å²) >= 11 is 4.60. The highest BCUT2D eigenvalue weighted by Gasteiger charge is 2.33. The van der Waals surface area contributed by atoms with Gasteiger partial charge in [0.15, 0.2) is 16.3 Å². The highest BCUT2D eigenvalue weighted by atomic mass is 79.9. The van der Waals surface area contributed by atoms with Crippen LogP contribution in [-0.4, -0.2) is 34.1 Å². The van der Waals surface area contributed by atoms with Crippen LogP contribution in [-0.2, 0) is 9.53 Å². The highest BCUT2D eigenvalue weighted by Crippen LogP contribution is 2.43. The fraction of sp³-hybridized carbons (Fsp3) is 0.194. The first-order valence-electron chi connectivity index (χ1n) is 13.8. The van der Waals surface area contributed by atoms with Crippen molar-refractivity contribution in [2.45, 2.75) is 26.3 Å². The van der Waals surface area contributed by atoms with E-state index >= 15 is 0 Å². The van der Waals surface area contributed by atoms with Gasteiger partial charge in [-0.3, -0.25) is 29.6 Å². The Morgan fingerprint density at radius 2 is 1.80 bits per heavy atom. The van der Waals surface area contributed by atoms with E-state index in [9.17, 15) is 29.8 Å². The van der Waals surface area contributed by atoms with Gasteiger partial charge in [0.2, 0.25) is 5.75 Å². The number of non-ortho nitro benzene ring substituents is 1. The van der Waals surface area contributed by atoms with Gasteiger partial charge in [-0.1, -0.05) is 48.6 Å². The number of halogens is 1. The fourth-order valence-electron chi connectivity index (χ4n) is 4.96.